The topological polar surface area (TPSA) is 71.5 Å². The first-order chi connectivity index (χ1) is 20.7. The lowest BCUT2D eigenvalue weighted by Gasteiger charge is -2.23. The van der Waals surface area contributed by atoms with E-state index in [1.807, 2.05) is 30.3 Å². The Kier molecular flexibility index (Phi) is 10.2. The molecule has 1 aliphatic heterocycles. The molecule has 1 aromatic heterocycles. The Labute approximate surface area is 261 Å². The van der Waals surface area contributed by atoms with Crippen LogP contribution in [0.15, 0.2) is 59.6 Å². The minimum absolute atomic E-state index is 0.150. The zero-order chi connectivity index (χ0) is 30.4. The lowest BCUT2D eigenvalue weighted by Crippen LogP contribution is -2.29. The van der Waals surface area contributed by atoms with Gasteiger partial charge in [0.25, 0.3) is 5.91 Å². The van der Waals surface area contributed by atoms with E-state index in [1.54, 1.807) is 12.3 Å². The average molecular weight is 646 g/mol. The van der Waals surface area contributed by atoms with Gasteiger partial charge in [0.1, 0.15) is 10.1 Å². The molecule has 0 unspecified atom stereocenters. The van der Waals surface area contributed by atoms with Crippen LogP contribution in [0.5, 0.6) is 5.75 Å². The Bertz CT molecular complexity index is 1520. The second-order valence-electron chi connectivity index (χ2n) is 10.4. The van der Waals surface area contributed by atoms with Gasteiger partial charge in [0.15, 0.2) is 5.13 Å². The number of thiocarbonyl (C=S) groups is 1. The number of thioether (sulfide) groups is 1. The summed E-state index contributed by atoms with van der Waals surface area (Å²) in [6.07, 6.45) is 5.62. The van der Waals surface area contributed by atoms with Crippen LogP contribution >= 0.6 is 35.3 Å². The van der Waals surface area contributed by atoms with Crippen LogP contribution in [-0.2, 0) is 22.2 Å². The van der Waals surface area contributed by atoms with Crippen LogP contribution in [0.1, 0.15) is 66.5 Å². The lowest BCUT2D eigenvalue weighted by atomic mass is 9.97. The number of halogens is 3. The van der Waals surface area contributed by atoms with E-state index in [2.05, 4.69) is 10.3 Å². The second kappa shape index (κ2) is 14.0. The number of alkyl halides is 3. The first-order valence-corrected chi connectivity index (χ1v) is 16.1. The summed E-state index contributed by atoms with van der Waals surface area (Å²) in [4.78, 5) is 32.6. The number of rotatable bonds is 10. The fourth-order valence-corrected chi connectivity index (χ4v) is 7.15. The number of carbonyl (C=O) groups is 2. The van der Waals surface area contributed by atoms with E-state index < -0.39 is 11.7 Å². The highest BCUT2D eigenvalue weighted by Crippen LogP contribution is 2.35. The maximum Gasteiger partial charge on any atom is 0.416 e. The molecule has 2 aromatic carbocycles. The minimum atomic E-state index is -4.41. The molecule has 6 nitrogen and oxygen atoms in total. The average Bonchev–Trinajstić information content (AvgIpc) is 3.52. The molecular formula is C31H30F3N3O3S3. The van der Waals surface area contributed by atoms with Crippen molar-refractivity contribution in [1.82, 2.24) is 9.88 Å². The van der Waals surface area contributed by atoms with Crippen LogP contribution in [0.4, 0.5) is 18.3 Å². The molecule has 1 saturated carbocycles. The largest absolute Gasteiger partial charge is 0.490 e. The summed E-state index contributed by atoms with van der Waals surface area (Å²) in [6, 6.07) is 12.8. The normalized spacial score (nSPS) is 17.1. The second-order valence-corrected chi connectivity index (χ2v) is 13.2. The Balaban J connectivity index is 1.11. The SMILES string of the molecule is O=C(CCCN1C(=O)/C(=C/c2ccccc2OC2CCCCC2)SC1=S)Nc1ncc(Cc2cccc(C(F)(F)F)c2)s1. The van der Waals surface area contributed by atoms with Gasteiger partial charge in [0, 0.05) is 36.0 Å². The molecule has 2 amide bonds. The van der Waals surface area contributed by atoms with E-state index in [9.17, 15) is 22.8 Å². The van der Waals surface area contributed by atoms with Crippen molar-refractivity contribution in [2.75, 3.05) is 11.9 Å². The number of para-hydroxylation sites is 1. The highest BCUT2D eigenvalue weighted by molar-refractivity contribution is 8.26. The highest BCUT2D eigenvalue weighted by atomic mass is 32.2. The van der Waals surface area contributed by atoms with Crippen molar-refractivity contribution in [1.29, 1.82) is 0 Å². The first kappa shape index (κ1) is 31.2. The molecule has 1 saturated heterocycles. The Hall–Kier alpha value is -3.22. The van der Waals surface area contributed by atoms with Crippen molar-refractivity contribution in [3.8, 4) is 5.75 Å². The van der Waals surface area contributed by atoms with Gasteiger partial charge in [-0.1, -0.05) is 66.8 Å². The maximum atomic E-state index is 13.2. The minimum Gasteiger partial charge on any atom is -0.490 e. The molecule has 0 radical (unpaired) electrons. The zero-order valence-electron chi connectivity index (χ0n) is 23.2. The number of nitrogens with zero attached hydrogens (tertiary/aromatic N) is 2. The monoisotopic (exact) mass is 645 g/mol. The molecular weight excluding hydrogens is 616 g/mol. The van der Waals surface area contributed by atoms with Crippen LogP contribution in [0, 0.1) is 0 Å². The number of hydrogen-bond donors (Lipinski definition) is 1. The lowest BCUT2D eigenvalue weighted by molar-refractivity contribution is -0.137. The number of amides is 2. The number of hydrogen-bond acceptors (Lipinski definition) is 7. The van der Waals surface area contributed by atoms with E-state index in [1.165, 1.54) is 40.5 Å². The van der Waals surface area contributed by atoms with Gasteiger partial charge in [-0.2, -0.15) is 13.2 Å². The first-order valence-electron chi connectivity index (χ1n) is 14.1. The molecule has 0 bridgehead atoms. The van der Waals surface area contributed by atoms with E-state index >= 15 is 0 Å². The van der Waals surface area contributed by atoms with Crippen molar-refractivity contribution in [2.45, 2.75) is 63.6 Å². The van der Waals surface area contributed by atoms with Crippen LogP contribution < -0.4 is 10.1 Å². The third-order valence-electron chi connectivity index (χ3n) is 7.14. The molecule has 2 aliphatic rings. The van der Waals surface area contributed by atoms with E-state index in [0.29, 0.717) is 32.9 Å². The van der Waals surface area contributed by atoms with Crippen LogP contribution in [0.2, 0.25) is 0 Å². The predicted octanol–water partition coefficient (Wildman–Crippen LogP) is 8.08. The van der Waals surface area contributed by atoms with Gasteiger partial charge in [-0.25, -0.2) is 4.98 Å². The van der Waals surface area contributed by atoms with E-state index in [4.69, 9.17) is 17.0 Å². The van der Waals surface area contributed by atoms with Crippen molar-refractivity contribution in [2.24, 2.45) is 0 Å². The molecule has 43 heavy (non-hydrogen) atoms. The molecule has 5 rings (SSSR count). The van der Waals surface area contributed by atoms with E-state index in [0.717, 1.165) is 54.0 Å². The van der Waals surface area contributed by atoms with Gasteiger partial charge in [-0.3, -0.25) is 14.5 Å². The van der Waals surface area contributed by atoms with Gasteiger partial charge in [0.05, 0.1) is 16.6 Å². The Morgan fingerprint density at radius 2 is 1.93 bits per heavy atom. The smallest absolute Gasteiger partial charge is 0.416 e. The highest BCUT2D eigenvalue weighted by Gasteiger charge is 2.32. The molecule has 1 N–H and O–H groups in total. The van der Waals surface area contributed by atoms with Gasteiger partial charge >= 0.3 is 6.18 Å². The summed E-state index contributed by atoms with van der Waals surface area (Å²) < 4.78 is 45.7. The quantitative estimate of drug-likeness (QED) is 0.178. The predicted molar refractivity (Wildman–Crippen MR) is 168 cm³/mol. The molecule has 0 spiro atoms. The van der Waals surface area contributed by atoms with Crippen LogP contribution in [0.3, 0.4) is 0 Å². The third kappa shape index (κ3) is 8.45. The summed E-state index contributed by atoms with van der Waals surface area (Å²) in [5.74, 6) is 0.299. The van der Waals surface area contributed by atoms with Crippen LogP contribution in [-0.4, -0.2) is 38.7 Å². The van der Waals surface area contributed by atoms with Crippen molar-refractivity contribution >= 4 is 62.7 Å². The number of benzene rings is 2. The summed E-state index contributed by atoms with van der Waals surface area (Å²) >= 11 is 7.92. The van der Waals surface area contributed by atoms with Crippen LogP contribution in [0.25, 0.3) is 6.08 Å². The van der Waals surface area contributed by atoms with Crippen molar-refractivity contribution in [3.63, 3.8) is 0 Å². The molecule has 3 aromatic rings. The fourth-order valence-electron chi connectivity index (χ4n) is 4.99. The number of anilines is 1. The maximum absolute atomic E-state index is 13.2. The van der Waals surface area contributed by atoms with Crippen molar-refractivity contribution in [3.05, 3.63) is 81.2 Å². The Morgan fingerprint density at radius 1 is 1.14 bits per heavy atom. The molecule has 2 heterocycles. The standard InChI is InChI=1S/C31H30F3N3O3S3/c32-31(33,34)22-10-6-8-20(16-22)17-24-19-35-29(42-24)36-27(38)14-7-15-37-28(39)26(43-30(37)41)18-21-9-4-5-13-25(21)40-23-11-2-1-3-12-23/h4-6,8-10,13,16,18-19,23H,1-3,7,11-12,14-15,17H2,(H,35,36,38)/b26-18-. The molecule has 1 aliphatic carbocycles. The zero-order valence-corrected chi connectivity index (χ0v) is 25.6. The summed E-state index contributed by atoms with van der Waals surface area (Å²) in [7, 11) is 0. The van der Waals surface area contributed by atoms with Gasteiger partial charge < -0.3 is 10.1 Å². The number of thiazole rings is 1. The molecule has 226 valence electrons. The summed E-state index contributed by atoms with van der Waals surface area (Å²) in [5, 5.41) is 3.10. The van der Waals surface area contributed by atoms with Gasteiger partial charge in [-0.05, 0) is 55.9 Å². The number of aromatic nitrogens is 1. The number of ether oxygens (including phenoxy) is 1. The number of carbonyl (C=O) groups excluding carboxylic acids is 2. The summed E-state index contributed by atoms with van der Waals surface area (Å²) in [6.45, 7) is 0.300. The summed E-state index contributed by atoms with van der Waals surface area (Å²) in [5.41, 5.74) is 0.645. The number of nitrogens with one attached hydrogen (secondary N) is 1. The Morgan fingerprint density at radius 3 is 2.72 bits per heavy atom. The molecule has 0 atom stereocenters. The molecule has 12 heteroatoms. The van der Waals surface area contributed by atoms with Gasteiger partial charge in [-0.15, -0.1) is 11.3 Å². The fraction of sp³-hybridized carbons (Fsp3) is 0.355. The van der Waals surface area contributed by atoms with Crippen molar-refractivity contribution < 1.29 is 27.5 Å². The van der Waals surface area contributed by atoms with Gasteiger partial charge in [0.2, 0.25) is 5.91 Å². The van der Waals surface area contributed by atoms with E-state index in [-0.39, 0.29) is 30.8 Å². The molecule has 2 fully saturated rings. The third-order valence-corrected chi connectivity index (χ3v) is 9.43.